The van der Waals surface area contributed by atoms with Gasteiger partial charge in [-0.25, -0.2) is 4.79 Å². The highest BCUT2D eigenvalue weighted by Crippen LogP contribution is 2.30. The minimum absolute atomic E-state index is 0.389. The molecule has 0 bridgehead atoms. The van der Waals surface area contributed by atoms with Gasteiger partial charge in [-0.2, -0.15) is 0 Å². The van der Waals surface area contributed by atoms with Crippen molar-refractivity contribution in [3.63, 3.8) is 0 Å². The van der Waals surface area contributed by atoms with Gasteiger partial charge in [0.15, 0.2) is 0 Å². The van der Waals surface area contributed by atoms with E-state index >= 15 is 0 Å². The van der Waals surface area contributed by atoms with Crippen LogP contribution in [0.5, 0.6) is 11.5 Å². The summed E-state index contributed by atoms with van der Waals surface area (Å²) in [5, 5.41) is 0. The second kappa shape index (κ2) is 5.29. The second-order valence-electron chi connectivity index (χ2n) is 5.02. The van der Waals surface area contributed by atoms with Gasteiger partial charge in [0, 0.05) is 6.07 Å². The van der Waals surface area contributed by atoms with E-state index in [9.17, 15) is 4.79 Å². The quantitative estimate of drug-likeness (QED) is 0.776. The molecule has 0 atom stereocenters. The molecule has 1 aromatic carbocycles. The Morgan fingerprint density at radius 2 is 1.72 bits per heavy atom. The van der Waals surface area contributed by atoms with Crippen LogP contribution in [0.3, 0.4) is 0 Å². The van der Waals surface area contributed by atoms with Crippen molar-refractivity contribution in [2.75, 3.05) is 14.2 Å². The second-order valence-corrected chi connectivity index (χ2v) is 5.02. The van der Waals surface area contributed by atoms with E-state index in [2.05, 4.69) is 0 Å². The summed E-state index contributed by atoms with van der Waals surface area (Å²) in [7, 11) is 3.09. The zero-order valence-electron chi connectivity index (χ0n) is 11.8. The molecule has 0 saturated carbocycles. The van der Waals surface area contributed by atoms with E-state index in [4.69, 9.17) is 14.2 Å². The van der Waals surface area contributed by atoms with Crippen LogP contribution in [0.15, 0.2) is 12.1 Å². The number of carbonyl (C=O) groups excluding carboxylic acids is 1. The van der Waals surface area contributed by atoms with Gasteiger partial charge in [0.2, 0.25) is 0 Å². The molecule has 4 nitrogen and oxygen atoms in total. The number of rotatable bonds is 3. The van der Waals surface area contributed by atoms with Crippen molar-refractivity contribution in [1.82, 2.24) is 0 Å². The van der Waals surface area contributed by atoms with Gasteiger partial charge in [-0.15, -0.1) is 0 Å². The molecule has 0 spiro atoms. The first kappa shape index (κ1) is 14.4. The van der Waals surface area contributed by atoms with Gasteiger partial charge in [0.25, 0.3) is 0 Å². The SMILES string of the molecule is COc1cc(C)c(C(=O)OC(C)(C)C)c(OC)c1. The van der Waals surface area contributed by atoms with Gasteiger partial charge in [-0.1, -0.05) is 0 Å². The van der Waals surface area contributed by atoms with E-state index in [0.717, 1.165) is 5.56 Å². The zero-order valence-corrected chi connectivity index (χ0v) is 11.8. The van der Waals surface area contributed by atoms with E-state index < -0.39 is 5.60 Å². The minimum atomic E-state index is -0.533. The Bertz CT molecular complexity index is 444. The number of aryl methyl sites for hydroxylation is 1. The first-order valence-electron chi connectivity index (χ1n) is 5.74. The van der Waals surface area contributed by atoms with Crippen molar-refractivity contribution < 1.29 is 19.0 Å². The molecule has 0 radical (unpaired) electrons. The predicted molar refractivity (Wildman–Crippen MR) is 69.5 cm³/mol. The fourth-order valence-electron chi connectivity index (χ4n) is 1.59. The fourth-order valence-corrected chi connectivity index (χ4v) is 1.59. The average Bonchev–Trinajstić information content (AvgIpc) is 2.24. The summed E-state index contributed by atoms with van der Waals surface area (Å²) in [5.74, 6) is 0.720. The summed E-state index contributed by atoms with van der Waals surface area (Å²) in [6.45, 7) is 7.31. The normalized spacial score (nSPS) is 11.0. The van der Waals surface area contributed by atoms with Crippen LogP contribution in [-0.4, -0.2) is 25.8 Å². The maximum atomic E-state index is 12.1. The lowest BCUT2D eigenvalue weighted by Crippen LogP contribution is -2.24. The molecule has 0 saturated heterocycles. The maximum Gasteiger partial charge on any atom is 0.342 e. The number of carbonyl (C=O) groups is 1. The molecule has 1 aromatic rings. The van der Waals surface area contributed by atoms with Crippen LogP contribution in [0.4, 0.5) is 0 Å². The Morgan fingerprint density at radius 3 is 2.17 bits per heavy atom. The summed E-state index contributed by atoms with van der Waals surface area (Å²) in [6, 6.07) is 3.45. The number of esters is 1. The average molecular weight is 252 g/mol. The molecule has 0 aliphatic rings. The van der Waals surface area contributed by atoms with Crippen LogP contribution < -0.4 is 9.47 Å². The smallest absolute Gasteiger partial charge is 0.342 e. The first-order chi connectivity index (χ1) is 8.28. The number of methoxy groups -OCH3 is 2. The van der Waals surface area contributed by atoms with Crippen molar-refractivity contribution in [1.29, 1.82) is 0 Å². The van der Waals surface area contributed by atoms with Gasteiger partial charge >= 0.3 is 5.97 Å². The third kappa shape index (κ3) is 3.39. The van der Waals surface area contributed by atoms with E-state index in [1.165, 1.54) is 7.11 Å². The molecule has 0 N–H and O–H groups in total. The van der Waals surface area contributed by atoms with E-state index in [1.54, 1.807) is 19.2 Å². The number of hydrogen-bond donors (Lipinski definition) is 0. The zero-order chi connectivity index (χ0) is 13.9. The van der Waals surface area contributed by atoms with Crippen LogP contribution in [0, 0.1) is 6.92 Å². The van der Waals surface area contributed by atoms with Gasteiger partial charge in [0.05, 0.1) is 14.2 Å². The van der Waals surface area contributed by atoms with Gasteiger partial charge < -0.3 is 14.2 Å². The van der Waals surface area contributed by atoms with Crippen molar-refractivity contribution in [2.45, 2.75) is 33.3 Å². The van der Waals surface area contributed by atoms with Crippen LogP contribution in [0.2, 0.25) is 0 Å². The lowest BCUT2D eigenvalue weighted by atomic mass is 10.1. The lowest BCUT2D eigenvalue weighted by molar-refractivity contribution is 0.00657. The summed E-state index contributed by atoms with van der Waals surface area (Å²) >= 11 is 0. The first-order valence-corrected chi connectivity index (χ1v) is 5.74. The van der Waals surface area contributed by atoms with Crippen LogP contribution >= 0.6 is 0 Å². The third-order valence-corrected chi connectivity index (χ3v) is 2.33. The summed E-state index contributed by atoms with van der Waals surface area (Å²) in [5.41, 5.74) is 0.669. The van der Waals surface area contributed by atoms with Crippen molar-refractivity contribution in [2.24, 2.45) is 0 Å². The molecule has 0 aliphatic heterocycles. The molecule has 0 unspecified atom stereocenters. The molecule has 0 fully saturated rings. The van der Waals surface area contributed by atoms with Crippen molar-refractivity contribution in [3.8, 4) is 11.5 Å². The number of ether oxygens (including phenoxy) is 3. The minimum Gasteiger partial charge on any atom is -0.497 e. The molecule has 0 aromatic heterocycles. The molecule has 18 heavy (non-hydrogen) atoms. The monoisotopic (exact) mass is 252 g/mol. The standard InChI is InChI=1S/C14H20O4/c1-9-7-10(16-5)8-11(17-6)12(9)13(15)18-14(2,3)4/h7-8H,1-6H3. The topological polar surface area (TPSA) is 44.8 Å². The lowest BCUT2D eigenvalue weighted by Gasteiger charge is -2.21. The molecule has 0 aliphatic carbocycles. The highest BCUT2D eigenvalue weighted by atomic mass is 16.6. The van der Waals surface area contributed by atoms with Crippen molar-refractivity contribution >= 4 is 5.97 Å². The molecule has 100 valence electrons. The largest absolute Gasteiger partial charge is 0.497 e. The Hall–Kier alpha value is -1.71. The Morgan fingerprint density at radius 1 is 1.11 bits per heavy atom. The Kier molecular flexibility index (Phi) is 4.22. The highest BCUT2D eigenvalue weighted by molar-refractivity contribution is 5.94. The Balaban J connectivity index is 3.19. The number of benzene rings is 1. The molecular weight excluding hydrogens is 232 g/mol. The third-order valence-electron chi connectivity index (χ3n) is 2.33. The fraction of sp³-hybridized carbons (Fsp3) is 0.500. The maximum absolute atomic E-state index is 12.1. The van der Waals surface area contributed by atoms with Crippen molar-refractivity contribution in [3.05, 3.63) is 23.3 Å². The van der Waals surface area contributed by atoms with Gasteiger partial charge in [-0.3, -0.25) is 0 Å². The summed E-state index contributed by atoms with van der Waals surface area (Å²) < 4.78 is 15.7. The highest BCUT2D eigenvalue weighted by Gasteiger charge is 2.23. The van der Waals surface area contributed by atoms with E-state index in [-0.39, 0.29) is 5.97 Å². The number of hydrogen-bond acceptors (Lipinski definition) is 4. The van der Waals surface area contributed by atoms with Crippen LogP contribution in [-0.2, 0) is 4.74 Å². The summed E-state index contributed by atoms with van der Waals surface area (Å²) in [4.78, 5) is 12.1. The van der Waals surface area contributed by atoms with Crippen LogP contribution in [0.25, 0.3) is 0 Å². The van der Waals surface area contributed by atoms with Gasteiger partial charge in [-0.05, 0) is 39.3 Å². The molecule has 4 heteroatoms. The molecule has 0 amide bonds. The van der Waals surface area contributed by atoms with E-state index in [0.29, 0.717) is 17.1 Å². The molecule has 0 heterocycles. The Labute approximate surface area is 108 Å². The summed E-state index contributed by atoms with van der Waals surface area (Å²) in [6.07, 6.45) is 0. The van der Waals surface area contributed by atoms with Crippen LogP contribution in [0.1, 0.15) is 36.7 Å². The molecular formula is C14H20O4. The van der Waals surface area contributed by atoms with E-state index in [1.807, 2.05) is 27.7 Å². The van der Waals surface area contributed by atoms with Gasteiger partial charge in [0.1, 0.15) is 22.7 Å². The predicted octanol–water partition coefficient (Wildman–Crippen LogP) is 2.97. The molecule has 1 rings (SSSR count).